The molecule has 0 aliphatic rings. The Labute approximate surface area is 74.4 Å². The lowest BCUT2D eigenvalue weighted by atomic mass is 10.2. The van der Waals surface area contributed by atoms with Gasteiger partial charge in [0, 0.05) is 5.69 Å². The van der Waals surface area contributed by atoms with Crippen LogP contribution in [0.4, 0.5) is 13.2 Å². The van der Waals surface area contributed by atoms with Crippen LogP contribution < -0.4 is 0 Å². The van der Waals surface area contributed by atoms with E-state index in [-0.39, 0.29) is 0 Å². The van der Waals surface area contributed by atoms with Gasteiger partial charge in [-0.3, -0.25) is 4.68 Å². The predicted octanol–water partition coefficient (Wildman–Crippen LogP) is 2.37. The average molecular weight is 192 g/mol. The van der Waals surface area contributed by atoms with Crippen LogP contribution in [0.5, 0.6) is 0 Å². The van der Waals surface area contributed by atoms with Gasteiger partial charge in [-0.2, -0.15) is 18.3 Å². The first-order valence-corrected chi connectivity index (χ1v) is 3.88. The molecule has 13 heavy (non-hydrogen) atoms. The van der Waals surface area contributed by atoms with Crippen LogP contribution >= 0.6 is 0 Å². The number of aryl methyl sites for hydroxylation is 1. The van der Waals surface area contributed by atoms with Crippen molar-refractivity contribution in [3.05, 3.63) is 17.0 Å². The fraction of sp³-hybridized carbons (Fsp3) is 0.625. The summed E-state index contributed by atoms with van der Waals surface area (Å²) in [5.74, 6) is 0. The van der Waals surface area contributed by atoms with Crippen LogP contribution in [0.1, 0.15) is 17.0 Å². The number of rotatable bonds is 1. The van der Waals surface area contributed by atoms with Gasteiger partial charge >= 0.3 is 6.18 Å². The fourth-order valence-electron chi connectivity index (χ4n) is 1.11. The minimum atomic E-state index is -4.20. The largest absolute Gasteiger partial charge is 0.408 e. The Morgan fingerprint density at radius 3 is 2.08 bits per heavy atom. The van der Waals surface area contributed by atoms with Gasteiger partial charge in [0.15, 0.2) is 0 Å². The lowest BCUT2D eigenvalue weighted by Crippen LogP contribution is -2.19. The molecule has 5 heteroatoms. The highest BCUT2D eigenvalue weighted by molar-refractivity contribution is 5.22. The Balaban J connectivity index is 2.97. The van der Waals surface area contributed by atoms with Gasteiger partial charge < -0.3 is 0 Å². The van der Waals surface area contributed by atoms with Crippen LogP contribution in [0.25, 0.3) is 0 Å². The van der Waals surface area contributed by atoms with E-state index in [1.165, 1.54) is 0 Å². The Bertz CT molecular complexity index is 312. The zero-order chi connectivity index (χ0) is 10.2. The molecule has 0 aliphatic carbocycles. The van der Waals surface area contributed by atoms with Crippen molar-refractivity contribution >= 4 is 0 Å². The highest BCUT2D eigenvalue weighted by atomic mass is 19.4. The molecule has 1 aromatic rings. The van der Waals surface area contributed by atoms with E-state index >= 15 is 0 Å². The molecule has 0 saturated carbocycles. The van der Waals surface area contributed by atoms with E-state index in [1.54, 1.807) is 20.8 Å². The van der Waals surface area contributed by atoms with Crippen molar-refractivity contribution in [2.45, 2.75) is 33.5 Å². The van der Waals surface area contributed by atoms with Gasteiger partial charge in [-0.05, 0) is 26.3 Å². The smallest absolute Gasteiger partial charge is 0.260 e. The summed E-state index contributed by atoms with van der Waals surface area (Å²) in [6.07, 6.45) is -4.20. The molecule has 0 unspecified atom stereocenters. The molecule has 0 N–H and O–H groups in total. The van der Waals surface area contributed by atoms with Gasteiger partial charge in [0.05, 0.1) is 5.69 Å². The van der Waals surface area contributed by atoms with Crippen LogP contribution in [0.15, 0.2) is 0 Å². The molecule has 0 atom stereocenters. The zero-order valence-electron chi connectivity index (χ0n) is 7.74. The quantitative estimate of drug-likeness (QED) is 0.667. The monoisotopic (exact) mass is 192 g/mol. The molecule has 74 valence electrons. The summed E-state index contributed by atoms with van der Waals surface area (Å²) in [7, 11) is 0. The van der Waals surface area contributed by atoms with Crippen molar-refractivity contribution < 1.29 is 13.2 Å². The zero-order valence-corrected chi connectivity index (χ0v) is 7.74. The first kappa shape index (κ1) is 10.1. The molecule has 0 aliphatic heterocycles. The number of nitrogens with zero attached hydrogens (tertiary/aromatic N) is 2. The highest BCUT2D eigenvalue weighted by Crippen LogP contribution is 2.20. The number of aromatic nitrogens is 2. The Hall–Kier alpha value is -1.00. The maximum absolute atomic E-state index is 12.0. The topological polar surface area (TPSA) is 17.8 Å². The Morgan fingerprint density at radius 2 is 1.77 bits per heavy atom. The van der Waals surface area contributed by atoms with Gasteiger partial charge in [0.2, 0.25) is 0 Å². The van der Waals surface area contributed by atoms with Gasteiger partial charge in [-0.25, -0.2) is 0 Å². The molecule has 1 rings (SSSR count). The van der Waals surface area contributed by atoms with Crippen LogP contribution in [0, 0.1) is 20.8 Å². The van der Waals surface area contributed by atoms with E-state index < -0.39 is 12.7 Å². The van der Waals surface area contributed by atoms with Crippen LogP contribution in [0.3, 0.4) is 0 Å². The van der Waals surface area contributed by atoms with E-state index in [4.69, 9.17) is 0 Å². The molecule has 0 spiro atoms. The Morgan fingerprint density at radius 1 is 1.23 bits per heavy atom. The van der Waals surface area contributed by atoms with Crippen LogP contribution in [-0.4, -0.2) is 16.0 Å². The Kier molecular flexibility index (Phi) is 2.36. The first-order chi connectivity index (χ1) is 5.81. The summed E-state index contributed by atoms with van der Waals surface area (Å²) >= 11 is 0. The average Bonchev–Trinajstić information content (AvgIpc) is 2.15. The summed E-state index contributed by atoms with van der Waals surface area (Å²) in [6.45, 7) is 4.11. The van der Waals surface area contributed by atoms with E-state index in [2.05, 4.69) is 5.10 Å². The van der Waals surface area contributed by atoms with Gasteiger partial charge in [-0.15, -0.1) is 0 Å². The van der Waals surface area contributed by atoms with Crippen molar-refractivity contribution in [1.29, 1.82) is 0 Å². The number of alkyl halides is 3. The van der Waals surface area contributed by atoms with E-state index in [1.807, 2.05) is 0 Å². The summed E-state index contributed by atoms with van der Waals surface area (Å²) in [5, 5.41) is 3.79. The minimum Gasteiger partial charge on any atom is -0.260 e. The van der Waals surface area contributed by atoms with Crippen LogP contribution in [0.2, 0.25) is 0 Å². The van der Waals surface area contributed by atoms with E-state index in [9.17, 15) is 13.2 Å². The summed E-state index contributed by atoms with van der Waals surface area (Å²) in [5.41, 5.74) is 2.06. The second-order valence-corrected chi connectivity index (χ2v) is 3.07. The second-order valence-electron chi connectivity index (χ2n) is 3.07. The summed E-state index contributed by atoms with van der Waals surface area (Å²) in [4.78, 5) is 0. The molecule has 1 aromatic heterocycles. The van der Waals surface area contributed by atoms with Gasteiger partial charge in [0.25, 0.3) is 0 Å². The standard InChI is InChI=1S/C8H11F3N2/c1-5-6(2)12-13(7(5)3)4-8(9,10)11/h4H2,1-3H3. The normalized spacial score (nSPS) is 12.2. The third kappa shape index (κ3) is 2.23. The molecule has 0 radical (unpaired) electrons. The third-order valence-corrected chi connectivity index (χ3v) is 2.07. The van der Waals surface area contributed by atoms with Gasteiger partial charge in [0.1, 0.15) is 6.54 Å². The third-order valence-electron chi connectivity index (χ3n) is 2.07. The molecular weight excluding hydrogens is 181 g/mol. The predicted molar refractivity (Wildman–Crippen MR) is 42.5 cm³/mol. The summed E-state index contributed by atoms with van der Waals surface area (Å²) < 4.78 is 37.0. The second kappa shape index (κ2) is 3.05. The van der Waals surface area contributed by atoms with Crippen molar-refractivity contribution in [2.24, 2.45) is 0 Å². The highest BCUT2D eigenvalue weighted by Gasteiger charge is 2.29. The molecule has 0 aromatic carbocycles. The molecule has 0 saturated heterocycles. The summed E-state index contributed by atoms with van der Waals surface area (Å²) in [6, 6.07) is 0. The lowest BCUT2D eigenvalue weighted by Gasteiger charge is -2.07. The maximum atomic E-state index is 12.0. The van der Waals surface area contributed by atoms with E-state index in [0.29, 0.717) is 11.4 Å². The molecule has 0 fully saturated rings. The van der Waals surface area contributed by atoms with Crippen molar-refractivity contribution in [3.63, 3.8) is 0 Å². The van der Waals surface area contributed by atoms with Crippen LogP contribution in [-0.2, 0) is 6.54 Å². The maximum Gasteiger partial charge on any atom is 0.408 e. The SMILES string of the molecule is Cc1nn(CC(F)(F)F)c(C)c1C. The van der Waals surface area contributed by atoms with Crippen molar-refractivity contribution in [3.8, 4) is 0 Å². The molecular formula is C8H11F3N2. The molecule has 0 amide bonds. The number of hydrogen-bond donors (Lipinski definition) is 0. The number of hydrogen-bond acceptors (Lipinski definition) is 1. The lowest BCUT2D eigenvalue weighted by molar-refractivity contribution is -0.142. The van der Waals surface area contributed by atoms with Gasteiger partial charge in [-0.1, -0.05) is 0 Å². The molecule has 2 nitrogen and oxygen atoms in total. The minimum absolute atomic E-state index is 0.579. The molecule has 0 bridgehead atoms. The van der Waals surface area contributed by atoms with Crippen molar-refractivity contribution in [1.82, 2.24) is 9.78 Å². The first-order valence-electron chi connectivity index (χ1n) is 3.88. The van der Waals surface area contributed by atoms with Crippen molar-refractivity contribution in [2.75, 3.05) is 0 Å². The molecule has 1 heterocycles. The number of halogens is 3. The fourth-order valence-corrected chi connectivity index (χ4v) is 1.11. The van der Waals surface area contributed by atoms with E-state index in [0.717, 1.165) is 10.2 Å².